The van der Waals surface area contributed by atoms with Gasteiger partial charge in [-0.15, -0.1) is 0 Å². The summed E-state index contributed by atoms with van der Waals surface area (Å²) in [5.41, 5.74) is 8.93. The molecule has 1 saturated carbocycles. The van der Waals surface area contributed by atoms with Crippen molar-refractivity contribution in [3.8, 4) is 0 Å². The molecule has 0 bridgehead atoms. The third kappa shape index (κ3) is 1.72. The largest absolute Gasteiger partial charge is 0.330 e. The number of hydrogen-bond donors (Lipinski definition) is 1. The van der Waals surface area contributed by atoms with E-state index in [-0.39, 0.29) is 5.41 Å². The van der Waals surface area contributed by atoms with Gasteiger partial charge in [0.15, 0.2) is 0 Å². The fourth-order valence-electron chi connectivity index (χ4n) is 3.32. The van der Waals surface area contributed by atoms with Crippen LogP contribution in [0, 0.1) is 6.92 Å². The van der Waals surface area contributed by atoms with E-state index in [0.29, 0.717) is 0 Å². The van der Waals surface area contributed by atoms with Gasteiger partial charge in [-0.25, -0.2) is 0 Å². The Balaban J connectivity index is 2.13. The Morgan fingerprint density at radius 3 is 2.72 bits per heavy atom. The Morgan fingerprint density at radius 1 is 1.22 bits per heavy atom. The second-order valence-electron chi connectivity index (χ2n) is 5.58. The van der Waals surface area contributed by atoms with Crippen molar-refractivity contribution in [2.24, 2.45) is 5.73 Å². The molecule has 0 amide bonds. The van der Waals surface area contributed by atoms with E-state index in [0.717, 1.165) is 6.54 Å². The number of aromatic nitrogens is 1. The van der Waals surface area contributed by atoms with E-state index in [1.165, 1.54) is 47.6 Å². The third-order valence-electron chi connectivity index (χ3n) is 4.52. The minimum Gasteiger partial charge on any atom is -0.330 e. The Labute approximate surface area is 108 Å². The van der Waals surface area contributed by atoms with Crippen LogP contribution in [0.4, 0.5) is 0 Å². The summed E-state index contributed by atoms with van der Waals surface area (Å²) in [4.78, 5) is 4.30. The van der Waals surface area contributed by atoms with Crippen molar-refractivity contribution in [3.63, 3.8) is 0 Å². The van der Waals surface area contributed by atoms with E-state index < -0.39 is 0 Å². The molecular formula is C16H20N2. The number of rotatable bonds is 2. The zero-order valence-electron chi connectivity index (χ0n) is 10.9. The summed E-state index contributed by atoms with van der Waals surface area (Å²) in [6, 6.07) is 6.80. The Morgan fingerprint density at radius 2 is 2.00 bits per heavy atom. The van der Waals surface area contributed by atoms with Gasteiger partial charge in [-0.1, -0.05) is 25.0 Å². The fourth-order valence-corrected chi connectivity index (χ4v) is 3.32. The van der Waals surface area contributed by atoms with Crippen LogP contribution in [-0.4, -0.2) is 11.5 Å². The van der Waals surface area contributed by atoms with Gasteiger partial charge in [-0.05, 0) is 42.3 Å². The van der Waals surface area contributed by atoms with E-state index >= 15 is 0 Å². The number of nitrogens with zero attached hydrogens (tertiary/aromatic N) is 1. The molecule has 1 aliphatic carbocycles. The van der Waals surface area contributed by atoms with Gasteiger partial charge in [-0.2, -0.15) is 0 Å². The maximum Gasteiger partial charge on any atom is 0.0346 e. The lowest BCUT2D eigenvalue weighted by molar-refractivity contribution is 0.453. The van der Waals surface area contributed by atoms with Crippen molar-refractivity contribution in [1.82, 2.24) is 4.98 Å². The highest BCUT2D eigenvalue weighted by Gasteiger charge is 2.34. The predicted molar refractivity (Wildman–Crippen MR) is 75.7 cm³/mol. The predicted octanol–water partition coefficient (Wildman–Crippen LogP) is 3.31. The first kappa shape index (κ1) is 11.7. The van der Waals surface area contributed by atoms with Crippen LogP contribution in [0.25, 0.3) is 10.8 Å². The second-order valence-corrected chi connectivity index (χ2v) is 5.58. The molecule has 18 heavy (non-hydrogen) atoms. The molecule has 1 aromatic carbocycles. The number of aryl methyl sites for hydroxylation is 1. The maximum absolute atomic E-state index is 6.06. The van der Waals surface area contributed by atoms with Gasteiger partial charge in [0.2, 0.25) is 0 Å². The first-order valence-corrected chi connectivity index (χ1v) is 6.80. The van der Waals surface area contributed by atoms with Gasteiger partial charge >= 0.3 is 0 Å². The van der Waals surface area contributed by atoms with Crippen molar-refractivity contribution >= 4 is 10.8 Å². The summed E-state index contributed by atoms with van der Waals surface area (Å²) in [5.74, 6) is 0. The van der Waals surface area contributed by atoms with Crippen molar-refractivity contribution in [1.29, 1.82) is 0 Å². The first-order valence-electron chi connectivity index (χ1n) is 6.80. The highest BCUT2D eigenvalue weighted by molar-refractivity contribution is 5.85. The number of nitrogens with two attached hydrogens (primary N) is 1. The summed E-state index contributed by atoms with van der Waals surface area (Å²) in [6.07, 6.45) is 8.96. The summed E-state index contributed by atoms with van der Waals surface area (Å²) < 4.78 is 0. The maximum atomic E-state index is 6.06. The SMILES string of the molecule is Cc1cncc2cc(C3(CN)CCCC3)ccc12. The fraction of sp³-hybridized carbons (Fsp3) is 0.438. The smallest absolute Gasteiger partial charge is 0.0346 e. The molecule has 0 spiro atoms. The van der Waals surface area contributed by atoms with Crippen LogP contribution in [0.15, 0.2) is 30.6 Å². The molecule has 1 fully saturated rings. The second kappa shape index (κ2) is 4.36. The molecule has 0 radical (unpaired) electrons. The molecule has 94 valence electrons. The van der Waals surface area contributed by atoms with Crippen LogP contribution in [0.5, 0.6) is 0 Å². The summed E-state index contributed by atoms with van der Waals surface area (Å²) in [5, 5.41) is 2.55. The quantitative estimate of drug-likeness (QED) is 0.874. The Bertz CT molecular complexity index is 568. The zero-order chi connectivity index (χ0) is 12.6. The first-order chi connectivity index (χ1) is 8.75. The highest BCUT2D eigenvalue weighted by Crippen LogP contribution is 2.41. The van der Waals surface area contributed by atoms with Gasteiger partial charge < -0.3 is 5.73 Å². The zero-order valence-corrected chi connectivity index (χ0v) is 10.9. The topological polar surface area (TPSA) is 38.9 Å². The Hall–Kier alpha value is -1.41. The number of pyridine rings is 1. The van der Waals surface area contributed by atoms with Crippen LogP contribution in [0.3, 0.4) is 0 Å². The molecule has 0 atom stereocenters. The summed E-state index contributed by atoms with van der Waals surface area (Å²) in [6.45, 7) is 2.88. The number of hydrogen-bond acceptors (Lipinski definition) is 2. The van der Waals surface area contributed by atoms with E-state index in [2.05, 4.69) is 30.1 Å². The van der Waals surface area contributed by atoms with Crippen LogP contribution in [-0.2, 0) is 5.41 Å². The number of benzene rings is 1. The lowest BCUT2D eigenvalue weighted by Crippen LogP contribution is -2.31. The van der Waals surface area contributed by atoms with Gasteiger partial charge in [0.1, 0.15) is 0 Å². The van der Waals surface area contributed by atoms with Gasteiger partial charge in [0.25, 0.3) is 0 Å². The molecule has 2 aromatic rings. The molecule has 0 unspecified atom stereocenters. The molecule has 3 rings (SSSR count). The summed E-state index contributed by atoms with van der Waals surface area (Å²) >= 11 is 0. The highest BCUT2D eigenvalue weighted by atomic mass is 14.6. The average molecular weight is 240 g/mol. The van der Waals surface area contributed by atoms with Crippen molar-refractivity contribution in [3.05, 3.63) is 41.7 Å². The van der Waals surface area contributed by atoms with Crippen molar-refractivity contribution in [2.45, 2.75) is 38.0 Å². The van der Waals surface area contributed by atoms with Crippen molar-refractivity contribution < 1.29 is 0 Å². The van der Waals surface area contributed by atoms with E-state index in [9.17, 15) is 0 Å². The average Bonchev–Trinajstić information content (AvgIpc) is 2.89. The Kier molecular flexibility index (Phi) is 2.83. The molecule has 1 aromatic heterocycles. The van der Waals surface area contributed by atoms with E-state index in [4.69, 9.17) is 5.73 Å². The minimum atomic E-state index is 0.220. The molecule has 2 nitrogen and oxygen atoms in total. The van der Waals surface area contributed by atoms with Crippen LogP contribution in [0.1, 0.15) is 36.8 Å². The van der Waals surface area contributed by atoms with Crippen LogP contribution in [0.2, 0.25) is 0 Å². The minimum absolute atomic E-state index is 0.220. The molecule has 2 heteroatoms. The normalized spacial score (nSPS) is 18.3. The lowest BCUT2D eigenvalue weighted by atomic mass is 9.78. The summed E-state index contributed by atoms with van der Waals surface area (Å²) in [7, 11) is 0. The molecule has 0 aliphatic heterocycles. The molecular weight excluding hydrogens is 220 g/mol. The third-order valence-corrected chi connectivity index (χ3v) is 4.52. The van der Waals surface area contributed by atoms with E-state index in [1.54, 1.807) is 0 Å². The van der Waals surface area contributed by atoms with Crippen molar-refractivity contribution in [2.75, 3.05) is 6.54 Å². The van der Waals surface area contributed by atoms with Crippen LogP contribution >= 0.6 is 0 Å². The van der Waals surface area contributed by atoms with Gasteiger partial charge in [0, 0.05) is 29.7 Å². The molecule has 0 saturated heterocycles. The standard InChI is InChI=1S/C16H20N2/c1-12-9-18-10-13-8-14(4-5-15(12)13)16(11-17)6-2-3-7-16/h4-5,8-10H,2-3,6-7,11,17H2,1H3. The monoisotopic (exact) mass is 240 g/mol. The molecule has 2 N–H and O–H groups in total. The van der Waals surface area contributed by atoms with Gasteiger partial charge in [-0.3, -0.25) is 4.98 Å². The van der Waals surface area contributed by atoms with E-state index in [1.807, 2.05) is 12.4 Å². The number of fused-ring (bicyclic) bond motifs is 1. The lowest BCUT2D eigenvalue weighted by Gasteiger charge is -2.28. The molecule has 1 heterocycles. The molecule has 1 aliphatic rings. The van der Waals surface area contributed by atoms with Gasteiger partial charge in [0.05, 0.1) is 0 Å². The van der Waals surface area contributed by atoms with Crippen LogP contribution < -0.4 is 5.73 Å².